The van der Waals surface area contributed by atoms with Gasteiger partial charge in [0.1, 0.15) is 0 Å². The number of hydrogen-bond donors (Lipinski definition) is 0. The number of hydrogen-bond acceptors (Lipinski definition) is 2. The third kappa shape index (κ3) is 3.58. The van der Waals surface area contributed by atoms with Gasteiger partial charge in [-0.3, -0.25) is 0 Å². The van der Waals surface area contributed by atoms with Gasteiger partial charge in [0.15, 0.2) is 0 Å². The quantitative estimate of drug-likeness (QED) is 0.464. The molecule has 0 bridgehead atoms. The van der Waals surface area contributed by atoms with E-state index in [9.17, 15) is 0 Å². The highest BCUT2D eigenvalue weighted by atomic mass is 32.2. The summed E-state index contributed by atoms with van der Waals surface area (Å²) in [4.78, 5) is 0. The first-order valence-corrected chi connectivity index (χ1v) is 2.78. The van der Waals surface area contributed by atoms with Crippen LogP contribution in [0.5, 0.6) is 0 Å². The molecule has 0 aliphatic carbocycles. The molecule has 1 nitrogen and oxygen atoms in total. The lowest BCUT2D eigenvalue weighted by molar-refractivity contribution is 1.54. The van der Waals surface area contributed by atoms with E-state index in [0.29, 0.717) is 0 Å². The Labute approximate surface area is 41.7 Å². The molecular weight excluding hydrogens is 94.1 g/mol. The van der Waals surface area contributed by atoms with E-state index in [1.807, 2.05) is 12.3 Å². The van der Waals surface area contributed by atoms with Gasteiger partial charge in [0, 0.05) is 6.08 Å². The largest absolute Gasteiger partial charge is 0.193 e. The Morgan fingerprint density at radius 1 is 1.83 bits per heavy atom. The van der Waals surface area contributed by atoms with Crippen molar-refractivity contribution in [2.45, 2.75) is 0 Å². The van der Waals surface area contributed by atoms with Crippen LogP contribution in [0.15, 0.2) is 11.5 Å². The van der Waals surface area contributed by atoms with Gasteiger partial charge in [-0.1, -0.05) is 0 Å². The SMILES string of the molecule is CS/C=C/C#N. The van der Waals surface area contributed by atoms with E-state index in [2.05, 4.69) is 0 Å². The van der Waals surface area contributed by atoms with E-state index >= 15 is 0 Å². The van der Waals surface area contributed by atoms with Crippen LogP contribution in [0.25, 0.3) is 0 Å². The van der Waals surface area contributed by atoms with E-state index in [-0.39, 0.29) is 0 Å². The number of thioether (sulfide) groups is 1. The molecule has 0 N–H and O–H groups in total. The summed E-state index contributed by atoms with van der Waals surface area (Å²) in [6.45, 7) is 0. The summed E-state index contributed by atoms with van der Waals surface area (Å²) in [6.07, 6.45) is 3.36. The molecule has 0 aromatic heterocycles. The monoisotopic (exact) mass is 99.0 g/mol. The topological polar surface area (TPSA) is 23.8 Å². The normalized spacial score (nSPS) is 8.67. The van der Waals surface area contributed by atoms with Crippen LogP contribution in [0.4, 0.5) is 0 Å². The van der Waals surface area contributed by atoms with E-state index in [1.165, 1.54) is 17.8 Å². The van der Waals surface area contributed by atoms with Gasteiger partial charge in [-0.2, -0.15) is 5.26 Å². The third-order valence-corrected chi connectivity index (χ3v) is 0.687. The van der Waals surface area contributed by atoms with Gasteiger partial charge >= 0.3 is 0 Å². The van der Waals surface area contributed by atoms with Crippen molar-refractivity contribution in [3.8, 4) is 6.07 Å². The lowest BCUT2D eigenvalue weighted by Crippen LogP contribution is -1.40. The molecule has 0 atom stereocenters. The van der Waals surface area contributed by atoms with Crippen molar-refractivity contribution in [2.24, 2.45) is 0 Å². The van der Waals surface area contributed by atoms with Gasteiger partial charge in [-0.25, -0.2) is 0 Å². The Balaban J connectivity index is 3.02. The average Bonchev–Trinajstić information content (AvgIpc) is 1.61. The Morgan fingerprint density at radius 2 is 2.50 bits per heavy atom. The minimum absolute atomic E-state index is 1.45. The second-order valence-corrected chi connectivity index (χ2v) is 1.41. The summed E-state index contributed by atoms with van der Waals surface area (Å²) in [6, 6.07) is 1.87. The summed E-state index contributed by atoms with van der Waals surface area (Å²) in [5.41, 5.74) is 0. The lowest BCUT2D eigenvalue weighted by Gasteiger charge is -1.64. The molecule has 6 heavy (non-hydrogen) atoms. The Bertz CT molecular complexity index is 80.0. The molecule has 0 aliphatic heterocycles. The first kappa shape index (κ1) is 5.58. The lowest BCUT2D eigenvalue weighted by atomic mass is 10.7. The molecule has 0 aliphatic rings. The second kappa shape index (κ2) is 4.58. The predicted molar refractivity (Wildman–Crippen MR) is 28.3 cm³/mol. The highest BCUT2D eigenvalue weighted by Gasteiger charge is 1.57. The maximum absolute atomic E-state index is 7.85. The molecule has 0 unspecified atom stereocenters. The molecule has 32 valence electrons. The Kier molecular flexibility index (Phi) is 4.26. The molecule has 0 saturated heterocycles. The molecular formula is C4H5NS. The summed E-state index contributed by atoms with van der Waals surface area (Å²) < 4.78 is 0. The number of nitriles is 1. The highest BCUT2D eigenvalue weighted by molar-refractivity contribution is 8.01. The van der Waals surface area contributed by atoms with Crippen LogP contribution in [0.2, 0.25) is 0 Å². The van der Waals surface area contributed by atoms with Gasteiger partial charge in [-0.15, -0.1) is 11.8 Å². The first-order valence-electron chi connectivity index (χ1n) is 1.49. The van der Waals surface area contributed by atoms with E-state index < -0.39 is 0 Å². The first-order chi connectivity index (χ1) is 2.91. The van der Waals surface area contributed by atoms with Crippen LogP contribution in [0.3, 0.4) is 0 Å². The van der Waals surface area contributed by atoms with Crippen molar-refractivity contribution in [2.75, 3.05) is 6.26 Å². The van der Waals surface area contributed by atoms with Crippen LogP contribution >= 0.6 is 11.8 Å². The van der Waals surface area contributed by atoms with Crippen LogP contribution < -0.4 is 0 Å². The zero-order chi connectivity index (χ0) is 4.83. The van der Waals surface area contributed by atoms with E-state index in [0.717, 1.165) is 0 Å². The molecule has 0 fully saturated rings. The zero-order valence-electron chi connectivity index (χ0n) is 3.51. The van der Waals surface area contributed by atoms with Gasteiger partial charge in [0.25, 0.3) is 0 Å². The zero-order valence-corrected chi connectivity index (χ0v) is 4.33. The smallest absolute Gasteiger partial charge is 0.0917 e. The minimum atomic E-state index is 1.45. The molecule has 0 aromatic rings. The van der Waals surface area contributed by atoms with Gasteiger partial charge in [0.2, 0.25) is 0 Å². The fourth-order valence-corrected chi connectivity index (χ4v) is 0.295. The molecule has 0 spiro atoms. The molecule has 0 radical (unpaired) electrons. The molecule has 0 aromatic carbocycles. The van der Waals surface area contributed by atoms with Crippen molar-refractivity contribution < 1.29 is 0 Å². The van der Waals surface area contributed by atoms with E-state index in [1.54, 1.807) is 5.41 Å². The van der Waals surface area contributed by atoms with Gasteiger partial charge in [0.05, 0.1) is 6.07 Å². The fraction of sp³-hybridized carbons (Fsp3) is 0.250. The van der Waals surface area contributed by atoms with Crippen LogP contribution in [0.1, 0.15) is 0 Å². The Hall–Kier alpha value is -0.420. The van der Waals surface area contributed by atoms with Crippen molar-refractivity contribution in [3.63, 3.8) is 0 Å². The average molecular weight is 99.2 g/mol. The van der Waals surface area contributed by atoms with Gasteiger partial charge in [-0.05, 0) is 11.7 Å². The third-order valence-electron chi connectivity index (χ3n) is 0.279. The second-order valence-electron chi connectivity index (χ2n) is 0.668. The number of rotatable bonds is 1. The molecule has 0 rings (SSSR count). The van der Waals surface area contributed by atoms with Crippen molar-refractivity contribution in [1.82, 2.24) is 0 Å². The summed E-state index contributed by atoms with van der Waals surface area (Å²) in [5.74, 6) is 0. The molecule has 0 heterocycles. The summed E-state index contributed by atoms with van der Waals surface area (Å²) in [5, 5.41) is 9.58. The van der Waals surface area contributed by atoms with Crippen LogP contribution in [-0.2, 0) is 0 Å². The summed E-state index contributed by atoms with van der Waals surface area (Å²) >= 11 is 1.52. The summed E-state index contributed by atoms with van der Waals surface area (Å²) in [7, 11) is 0. The Morgan fingerprint density at radius 3 is 2.67 bits per heavy atom. The van der Waals surface area contributed by atoms with Crippen molar-refractivity contribution in [3.05, 3.63) is 11.5 Å². The molecule has 0 saturated carbocycles. The predicted octanol–water partition coefficient (Wildman–Crippen LogP) is 1.39. The van der Waals surface area contributed by atoms with Crippen molar-refractivity contribution in [1.29, 1.82) is 5.26 Å². The molecule has 0 amide bonds. The van der Waals surface area contributed by atoms with Crippen LogP contribution in [-0.4, -0.2) is 6.26 Å². The molecule has 2 heteroatoms. The highest BCUT2D eigenvalue weighted by Crippen LogP contribution is 1.89. The maximum Gasteiger partial charge on any atom is 0.0917 e. The van der Waals surface area contributed by atoms with Crippen molar-refractivity contribution >= 4 is 11.8 Å². The minimum Gasteiger partial charge on any atom is -0.193 e. The maximum atomic E-state index is 7.85. The van der Waals surface area contributed by atoms with Gasteiger partial charge < -0.3 is 0 Å². The van der Waals surface area contributed by atoms with Crippen LogP contribution in [0, 0.1) is 11.3 Å². The van der Waals surface area contributed by atoms with E-state index in [4.69, 9.17) is 5.26 Å². The standard InChI is InChI=1S/C4H5NS/c1-6-4-2-3-5/h2,4H,1H3/b4-2+. The number of allylic oxidation sites excluding steroid dienone is 1. The fourth-order valence-electron chi connectivity index (χ4n) is 0.0985. The number of nitrogens with zero attached hydrogens (tertiary/aromatic N) is 1.